The smallest absolute Gasteiger partial charge is 0.00643 e. The molecule has 0 bridgehead atoms. The van der Waals surface area contributed by atoms with Crippen molar-refractivity contribution in [3.05, 3.63) is 0 Å². The fraction of sp³-hybridized carbons (Fsp3) is 1.00. The Labute approximate surface area is 77.9 Å². The Morgan fingerprint density at radius 2 is 1.75 bits per heavy atom. The van der Waals surface area contributed by atoms with Gasteiger partial charge in [-0.25, -0.2) is 0 Å². The second-order valence-corrected chi connectivity index (χ2v) is 4.03. The van der Waals surface area contributed by atoms with Crippen LogP contribution in [0.25, 0.3) is 0 Å². The van der Waals surface area contributed by atoms with Gasteiger partial charge in [-0.05, 0) is 31.7 Å². The van der Waals surface area contributed by atoms with Crippen molar-refractivity contribution in [2.24, 2.45) is 5.92 Å². The lowest BCUT2D eigenvalue weighted by Crippen LogP contribution is -2.29. The highest BCUT2D eigenvalue weighted by molar-refractivity contribution is 4.64. The fourth-order valence-corrected chi connectivity index (χ4v) is 1.38. The van der Waals surface area contributed by atoms with Crippen molar-refractivity contribution in [1.29, 1.82) is 0 Å². The maximum atomic E-state index is 3.60. The van der Waals surface area contributed by atoms with Gasteiger partial charge >= 0.3 is 0 Å². The van der Waals surface area contributed by atoms with Crippen LogP contribution in [-0.2, 0) is 0 Å². The van der Waals surface area contributed by atoms with Gasteiger partial charge in [-0.15, -0.1) is 0 Å². The molecule has 0 spiro atoms. The monoisotopic (exact) mass is 171 g/mol. The zero-order valence-corrected chi connectivity index (χ0v) is 9.19. The largest absolute Gasteiger partial charge is 0.314 e. The van der Waals surface area contributed by atoms with E-state index in [1.807, 2.05) is 0 Å². The maximum absolute atomic E-state index is 3.60. The molecule has 0 fully saturated rings. The van der Waals surface area contributed by atoms with Gasteiger partial charge in [0.25, 0.3) is 0 Å². The van der Waals surface area contributed by atoms with E-state index in [1.54, 1.807) is 0 Å². The molecule has 0 aromatic heterocycles. The lowest BCUT2D eigenvalue weighted by Gasteiger charge is -2.16. The Morgan fingerprint density at radius 3 is 2.17 bits per heavy atom. The molecule has 0 aliphatic rings. The van der Waals surface area contributed by atoms with Crippen molar-refractivity contribution in [1.82, 2.24) is 5.32 Å². The van der Waals surface area contributed by atoms with E-state index < -0.39 is 0 Å². The standard InChI is InChI=1S/C11H25N/c1-5-7-11(6-2)12-9-8-10(3)4/h10-12H,5-9H2,1-4H3. The van der Waals surface area contributed by atoms with Crippen LogP contribution in [0.3, 0.4) is 0 Å². The average molecular weight is 171 g/mol. The molecule has 74 valence electrons. The van der Waals surface area contributed by atoms with Gasteiger partial charge in [0.15, 0.2) is 0 Å². The topological polar surface area (TPSA) is 12.0 Å². The summed E-state index contributed by atoms with van der Waals surface area (Å²) in [7, 11) is 0. The van der Waals surface area contributed by atoms with Gasteiger partial charge in [-0.2, -0.15) is 0 Å². The Hall–Kier alpha value is -0.0400. The summed E-state index contributed by atoms with van der Waals surface area (Å²) in [6, 6.07) is 0.758. The lowest BCUT2D eigenvalue weighted by atomic mass is 10.1. The second-order valence-electron chi connectivity index (χ2n) is 4.03. The molecule has 0 aliphatic heterocycles. The Balaban J connectivity index is 3.31. The van der Waals surface area contributed by atoms with Crippen molar-refractivity contribution in [2.45, 2.75) is 59.4 Å². The summed E-state index contributed by atoms with van der Waals surface area (Å²) >= 11 is 0. The van der Waals surface area contributed by atoms with E-state index in [1.165, 1.54) is 32.2 Å². The molecule has 0 aromatic carbocycles. The van der Waals surface area contributed by atoms with Crippen molar-refractivity contribution >= 4 is 0 Å². The van der Waals surface area contributed by atoms with E-state index in [-0.39, 0.29) is 0 Å². The SMILES string of the molecule is CCCC(CC)NCCC(C)C. The molecule has 0 rings (SSSR count). The molecular formula is C11H25N. The van der Waals surface area contributed by atoms with E-state index in [0.717, 1.165) is 12.0 Å². The molecule has 1 atom stereocenters. The van der Waals surface area contributed by atoms with E-state index in [2.05, 4.69) is 33.0 Å². The minimum Gasteiger partial charge on any atom is -0.314 e. The zero-order valence-electron chi connectivity index (χ0n) is 9.19. The second kappa shape index (κ2) is 7.60. The highest BCUT2D eigenvalue weighted by Crippen LogP contribution is 2.02. The first kappa shape index (κ1) is 12.0. The minimum atomic E-state index is 0.758. The minimum absolute atomic E-state index is 0.758. The predicted octanol–water partition coefficient (Wildman–Crippen LogP) is 3.20. The molecule has 12 heavy (non-hydrogen) atoms. The van der Waals surface area contributed by atoms with Gasteiger partial charge < -0.3 is 5.32 Å². The lowest BCUT2D eigenvalue weighted by molar-refractivity contribution is 0.435. The van der Waals surface area contributed by atoms with Crippen molar-refractivity contribution in [3.63, 3.8) is 0 Å². The van der Waals surface area contributed by atoms with Crippen LogP contribution >= 0.6 is 0 Å². The third kappa shape index (κ3) is 6.66. The van der Waals surface area contributed by atoms with Crippen LogP contribution in [0.15, 0.2) is 0 Å². The molecule has 0 aliphatic carbocycles. The fourth-order valence-electron chi connectivity index (χ4n) is 1.38. The highest BCUT2D eigenvalue weighted by Gasteiger charge is 2.03. The van der Waals surface area contributed by atoms with Crippen LogP contribution in [0, 0.1) is 5.92 Å². The van der Waals surface area contributed by atoms with Gasteiger partial charge in [0.05, 0.1) is 0 Å². The Morgan fingerprint density at radius 1 is 1.08 bits per heavy atom. The third-order valence-electron chi connectivity index (χ3n) is 2.28. The van der Waals surface area contributed by atoms with Gasteiger partial charge in [-0.1, -0.05) is 34.1 Å². The first-order valence-corrected chi connectivity index (χ1v) is 5.44. The van der Waals surface area contributed by atoms with Gasteiger partial charge in [0, 0.05) is 6.04 Å². The number of hydrogen-bond donors (Lipinski definition) is 1. The van der Waals surface area contributed by atoms with Crippen molar-refractivity contribution in [2.75, 3.05) is 6.54 Å². The number of nitrogens with one attached hydrogen (secondary N) is 1. The van der Waals surface area contributed by atoms with Crippen LogP contribution < -0.4 is 5.32 Å². The molecule has 1 heteroatoms. The summed E-state index contributed by atoms with van der Waals surface area (Å²) in [6.07, 6.45) is 5.20. The summed E-state index contributed by atoms with van der Waals surface area (Å²) in [5.41, 5.74) is 0. The first-order valence-electron chi connectivity index (χ1n) is 5.44. The molecular weight excluding hydrogens is 146 g/mol. The molecule has 1 unspecified atom stereocenters. The third-order valence-corrected chi connectivity index (χ3v) is 2.28. The van der Waals surface area contributed by atoms with Gasteiger partial charge in [0.2, 0.25) is 0 Å². The molecule has 0 radical (unpaired) electrons. The molecule has 0 saturated heterocycles. The van der Waals surface area contributed by atoms with E-state index in [4.69, 9.17) is 0 Å². The molecule has 0 heterocycles. The van der Waals surface area contributed by atoms with Crippen molar-refractivity contribution in [3.8, 4) is 0 Å². The van der Waals surface area contributed by atoms with Crippen LogP contribution in [0.1, 0.15) is 53.4 Å². The molecule has 0 amide bonds. The predicted molar refractivity (Wildman–Crippen MR) is 56.4 cm³/mol. The summed E-state index contributed by atoms with van der Waals surface area (Å²) in [4.78, 5) is 0. The molecule has 0 saturated carbocycles. The summed E-state index contributed by atoms with van der Waals surface area (Å²) in [5.74, 6) is 0.830. The zero-order chi connectivity index (χ0) is 9.40. The van der Waals surface area contributed by atoms with Crippen LogP contribution in [0.4, 0.5) is 0 Å². The van der Waals surface area contributed by atoms with Crippen molar-refractivity contribution < 1.29 is 0 Å². The summed E-state index contributed by atoms with van der Waals surface area (Å²) in [5, 5.41) is 3.60. The van der Waals surface area contributed by atoms with Crippen LogP contribution in [-0.4, -0.2) is 12.6 Å². The van der Waals surface area contributed by atoms with E-state index in [0.29, 0.717) is 0 Å². The normalized spacial score (nSPS) is 13.8. The van der Waals surface area contributed by atoms with Gasteiger partial charge in [0.1, 0.15) is 0 Å². The maximum Gasteiger partial charge on any atom is 0.00643 e. The Kier molecular flexibility index (Phi) is 7.58. The average Bonchev–Trinajstić information content (AvgIpc) is 2.02. The quantitative estimate of drug-likeness (QED) is 0.620. The first-order chi connectivity index (χ1) is 5.70. The molecule has 1 nitrogen and oxygen atoms in total. The molecule has 1 N–H and O–H groups in total. The number of rotatable bonds is 7. The van der Waals surface area contributed by atoms with E-state index >= 15 is 0 Å². The Bertz CT molecular complexity index is 89.0. The van der Waals surface area contributed by atoms with Gasteiger partial charge in [-0.3, -0.25) is 0 Å². The molecule has 0 aromatic rings. The van der Waals surface area contributed by atoms with Crippen LogP contribution in [0.5, 0.6) is 0 Å². The van der Waals surface area contributed by atoms with Crippen LogP contribution in [0.2, 0.25) is 0 Å². The summed E-state index contributed by atoms with van der Waals surface area (Å²) < 4.78 is 0. The highest BCUT2D eigenvalue weighted by atomic mass is 14.9. The van der Waals surface area contributed by atoms with E-state index in [9.17, 15) is 0 Å². The summed E-state index contributed by atoms with van der Waals surface area (Å²) in [6.45, 7) is 10.3. The number of hydrogen-bond acceptors (Lipinski definition) is 1.